The van der Waals surface area contributed by atoms with Gasteiger partial charge in [0.15, 0.2) is 0 Å². The molecule has 0 saturated heterocycles. The first-order valence-corrected chi connectivity index (χ1v) is 4.80. The second-order valence-corrected chi connectivity index (χ2v) is 3.94. The lowest BCUT2D eigenvalue weighted by molar-refractivity contribution is 0.131. The molecule has 1 saturated carbocycles. The highest BCUT2D eigenvalue weighted by Crippen LogP contribution is 2.45. The van der Waals surface area contributed by atoms with Gasteiger partial charge in [-0.25, -0.2) is 0 Å². The summed E-state index contributed by atoms with van der Waals surface area (Å²) in [5.41, 5.74) is -0.261. The highest BCUT2D eigenvalue weighted by atomic mass is 32.2. The SMILES string of the molecule is CSCCC1(O)CC1C. The molecule has 0 radical (unpaired) electrons. The minimum absolute atomic E-state index is 0.261. The molecule has 0 aliphatic heterocycles. The molecule has 0 spiro atoms. The van der Waals surface area contributed by atoms with Crippen LogP contribution in [0.5, 0.6) is 0 Å². The lowest BCUT2D eigenvalue weighted by atomic mass is 10.2. The average Bonchev–Trinajstić information content (AvgIpc) is 2.38. The van der Waals surface area contributed by atoms with E-state index in [1.165, 1.54) is 0 Å². The van der Waals surface area contributed by atoms with Crippen molar-refractivity contribution in [3.8, 4) is 0 Å². The minimum Gasteiger partial charge on any atom is -0.390 e. The molecule has 1 rings (SSSR count). The third-order valence-electron chi connectivity index (χ3n) is 2.16. The fourth-order valence-electron chi connectivity index (χ4n) is 1.10. The van der Waals surface area contributed by atoms with Gasteiger partial charge in [-0.15, -0.1) is 0 Å². The van der Waals surface area contributed by atoms with Crippen LogP contribution in [0.25, 0.3) is 0 Å². The van der Waals surface area contributed by atoms with Crippen molar-refractivity contribution in [3.63, 3.8) is 0 Å². The third-order valence-corrected chi connectivity index (χ3v) is 2.77. The van der Waals surface area contributed by atoms with Crippen LogP contribution in [-0.2, 0) is 0 Å². The van der Waals surface area contributed by atoms with Crippen molar-refractivity contribution < 1.29 is 5.11 Å². The summed E-state index contributed by atoms with van der Waals surface area (Å²) in [5.74, 6) is 1.66. The van der Waals surface area contributed by atoms with E-state index in [-0.39, 0.29) is 5.60 Å². The van der Waals surface area contributed by atoms with Crippen LogP contribution in [-0.4, -0.2) is 22.7 Å². The number of thioether (sulfide) groups is 1. The summed E-state index contributed by atoms with van der Waals surface area (Å²) in [5, 5.41) is 9.52. The van der Waals surface area contributed by atoms with Gasteiger partial charge in [0.1, 0.15) is 0 Å². The van der Waals surface area contributed by atoms with Gasteiger partial charge in [-0.3, -0.25) is 0 Å². The Kier molecular flexibility index (Phi) is 2.07. The highest BCUT2D eigenvalue weighted by molar-refractivity contribution is 7.98. The van der Waals surface area contributed by atoms with Crippen molar-refractivity contribution in [3.05, 3.63) is 0 Å². The quantitative estimate of drug-likeness (QED) is 0.651. The van der Waals surface area contributed by atoms with E-state index in [9.17, 15) is 5.11 Å². The highest BCUT2D eigenvalue weighted by Gasteiger charge is 2.48. The van der Waals surface area contributed by atoms with E-state index in [0.717, 1.165) is 18.6 Å². The molecule has 1 N–H and O–H groups in total. The maximum atomic E-state index is 9.52. The topological polar surface area (TPSA) is 20.2 Å². The van der Waals surface area contributed by atoms with Gasteiger partial charge in [-0.2, -0.15) is 11.8 Å². The summed E-state index contributed by atoms with van der Waals surface area (Å²) in [4.78, 5) is 0. The zero-order valence-electron chi connectivity index (χ0n) is 6.05. The van der Waals surface area contributed by atoms with E-state index in [1.807, 2.05) is 11.8 Å². The summed E-state index contributed by atoms with van der Waals surface area (Å²) >= 11 is 1.81. The lowest BCUT2D eigenvalue weighted by Gasteiger charge is -2.05. The maximum Gasteiger partial charge on any atom is 0.0685 e. The molecule has 1 fully saturated rings. The summed E-state index contributed by atoms with van der Waals surface area (Å²) < 4.78 is 0. The Labute approximate surface area is 60.8 Å². The van der Waals surface area contributed by atoms with Crippen molar-refractivity contribution in [2.45, 2.75) is 25.4 Å². The fraction of sp³-hybridized carbons (Fsp3) is 1.00. The second kappa shape index (κ2) is 2.51. The van der Waals surface area contributed by atoms with Crippen molar-refractivity contribution in [1.29, 1.82) is 0 Å². The van der Waals surface area contributed by atoms with E-state index >= 15 is 0 Å². The molecule has 0 aromatic rings. The molecule has 2 heteroatoms. The molecular weight excluding hydrogens is 132 g/mol. The van der Waals surface area contributed by atoms with E-state index in [2.05, 4.69) is 13.2 Å². The van der Waals surface area contributed by atoms with E-state index in [0.29, 0.717) is 5.92 Å². The van der Waals surface area contributed by atoms with Gasteiger partial charge < -0.3 is 5.11 Å². The molecule has 0 bridgehead atoms. The van der Waals surface area contributed by atoms with Crippen molar-refractivity contribution in [1.82, 2.24) is 0 Å². The van der Waals surface area contributed by atoms with Crippen LogP contribution in [0.2, 0.25) is 0 Å². The van der Waals surface area contributed by atoms with Gasteiger partial charge in [-0.05, 0) is 30.8 Å². The summed E-state index contributed by atoms with van der Waals surface area (Å²) in [6, 6.07) is 0. The van der Waals surface area contributed by atoms with E-state index in [1.54, 1.807) is 0 Å². The average molecular weight is 146 g/mol. The van der Waals surface area contributed by atoms with Crippen LogP contribution < -0.4 is 0 Å². The Bertz CT molecular complexity index is 105. The van der Waals surface area contributed by atoms with Gasteiger partial charge >= 0.3 is 0 Å². The molecule has 0 amide bonds. The smallest absolute Gasteiger partial charge is 0.0685 e. The van der Waals surface area contributed by atoms with Gasteiger partial charge in [-0.1, -0.05) is 6.92 Å². The zero-order valence-corrected chi connectivity index (χ0v) is 6.87. The number of hydrogen-bond acceptors (Lipinski definition) is 2. The molecular formula is C7H14OS. The van der Waals surface area contributed by atoms with Crippen LogP contribution in [0.15, 0.2) is 0 Å². The zero-order chi connectivity index (χ0) is 6.91. The first-order chi connectivity index (χ1) is 4.19. The van der Waals surface area contributed by atoms with E-state index in [4.69, 9.17) is 0 Å². The standard InChI is InChI=1S/C7H14OS/c1-6-5-7(6,8)3-4-9-2/h6,8H,3-5H2,1-2H3. The summed E-state index contributed by atoms with van der Waals surface area (Å²) in [6.07, 6.45) is 4.08. The molecule has 2 atom stereocenters. The van der Waals surface area contributed by atoms with Crippen molar-refractivity contribution >= 4 is 11.8 Å². The molecule has 2 unspecified atom stereocenters. The summed E-state index contributed by atoms with van der Waals surface area (Å²) in [7, 11) is 0. The molecule has 0 heterocycles. The van der Waals surface area contributed by atoms with Gasteiger partial charge in [0.25, 0.3) is 0 Å². The predicted octanol–water partition coefficient (Wildman–Crippen LogP) is 1.51. The van der Waals surface area contributed by atoms with Crippen LogP contribution in [0, 0.1) is 5.92 Å². The molecule has 9 heavy (non-hydrogen) atoms. The van der Waals surface area contributed by atoms with Gasteiger partial charge in [0.2, 0.25) is 0 Å². The molecule has 0 aromatic heterocycles. The Morgan fingerprint density at radius 3 is 2.67 bits per heavy atom. The van der Waals surface area contributed by atoms with Crippen molar-refractivity contribution in [2.75, 3.05) is 12.0 Å². The third kappa shape index (κ3) is 1.62. The van der Waals surface area contributed by atoms with E-state index < -0.39 is 0 Å². The molecule has 54 valence electrons. The Morgan fingerprint density at radius 1 is 1.78 bits per heavy atom. The normalized spacial score (nSPS) is 41.0. The first-order valence-electron chi connectivity index (χ1n) is 3.40. The van der Waals surface area contributed by atoms with Crippen LogP contribution in [0.1, 0.15) is 19.8 Å². The van der Waals surface area contributed by atoms with Gasteiger partial charge in [0.05, 0.1) is 5.60 Å². The molecule has 0 aromatic carbocycles. The monoisotopic (exact) mass is 146 g/mol. The Hall–Kier alpha value is 0.310. The molecule has 1 aliphatic carbocycles. The molecule has 1 nitrogen and oxygen atoms in total. The predicted molar refractivity (Wildman–Crippen MR) is 41.7 cm³/mol. The number of hydrogen-bond donors (Lipinski definition) is 1. The fourth-order valence-corrected chi connectivity index (χ4v) is 1.66. The van der Waals surface area contributed by atoms with Crippen LogP contribution >= 0.6 is 11.8 Å². The number of rotatable bonds is 3. The summed E-state index contributed by atoms with van der Waals surface area (Å²) in [6.45, 7) is 2.11. The minimum atomic E-state index is -0.261. The lowest BCUT2D eigenvalue weighted by Crippen LogP contribution is -2.10. The Morgan fingerprint density at radius 2 is 2.33 bits per heavy atom. The Balaban J connectivity index is 2.13. The second-order valence-electron chi connectivity index (χ2n) is 2.95. The van der Waals surface area contributed by atoms with Crippen LogP contribution in [0.4, 0.5) is 0 Å². The maximum absolute atomic E-state index is 9.52. The van der Waals surface area contributed by atoms with Crippen molar-refractivity contribution in [2.24, 2.45) is 5.92 Å². The van der Waals surface area contributed by atoms with Gasteiger partial charge in [0, 0.05) is 0 Å². The first kappa shape index (κ1) is 7.42. The number of aliphatic hydroxyl groups is 1. The van der Waals surface area contributed by atoms with Crippen LogP contribution in [0.3, 0.4) is 0 Å². The largest absolute Gasteiger partial charge is 0.390 e. The molecule has 1 aliphatic rings.